The van der Waals surface area contributed by atoms with E-state index in [1.54, 1.807) is 0 Å². The molecule has 6 nitrogen and oxygen atoms in total. The van der Waals surface area contributed by atoms with Crippen molar-refractivity contribution in [1.82, 2.24) is 25.0 Å². The Bertz CT molecular complexity index is 1180. The molecule has 6 heteroatoms. The van der Waals surface area contributed by atoms with Gasteiger partial charge in [-0.15, -0.1) is 0 Å². The Morgan fingerprint density at radius 1 is 0.969 bits per heavy atom. The van der Waals surface area contributed by atoms with Crippen molar-refractivity contribution < 1.29 is 0 Å². The van der Waals surface area contributed by atoms with Crippen molar-refractivity contribution in [3.8, 4) is 11.1 Å². The Morgan fingerprint density at radius 3 is 2.72 bits per heavy atom. The smallest absolute Gasteiger partial charge is 0.138 e. The van der Waals surface area contributed by atoms with E-state index in [1.807, 2.05) is 18.5 Å². The van der Waals surface area contributed by atoms with Crippen molar-refractivity contribution in [3.63, 3.8) is 0 Å². The van der Waals surface area contributed by atoms with Gasteiger partial charge >= 0.3 is 0 Å². The molecule has 2 aromatic carbocycles. The maximum Gasteiger partial charge on any atom is 0.138 e. The third kappa shape index (κ3) is 4.66. The number of H-pyrrole nitrogens is 1. The van der Waals surface area contributed by atoms with E-state index in [-0.39, 0.29) is 0 Å². The van der Waals surface area contributed by atoms with Crippen molar-refractivity contribution in [2.24, 2.45) is 0 Å². The van der Waals surface area contributed by atoms with E-state index in [0.717, 1.165) is 40.9 Å². The van der Waals surface area contributed by atoms with Gasteiger partial charge in [0.2, 0.25) is 0 Å². The van der Waals surface area contributed by atoms with E-state index >= 15 is 0 Å². The standard InChI is InChI=1S/C26H30N6/c1-31-14-16-32(17-15-31)13-5-7-20-6-2-3-8-23(20)24-9-4-12-27-26(24)29-22-11-10-21-19-28-30-25(21)18-22/h2-4,6,8-12,18-19H,5,7,13-17H2,1H3,(H,27,29)(H,28,30). The number of aryl methyl sites for hydroxylation is 1. The molecule has 1 aliphatic heterocycles. The molecule has 2 aromatic heterocycles. The fourth-order valence-corrected chi connectivity index (χ4v) is 4.44. The van der Waals surface area contributed by atoms with Gasteiger partial charge in [0.15, 0.2) is 0 Å². The second-order valence-electron chi connectivity index (χ2n) is 8.60. The molecule has 3 heterocycles. The number of nitrogens with one attached hydrogen (secondary N) is 2. The predicted octanol–water partition coefficient (Wildman–Crippen LogP) is 4.55. The molecule has 1 aliphatic rings. The van der Waals surface area contributed by atoms with E-state index in [2.05, 4.69) is 85.9 Å². The monoisotopic (exact) mass is 426 g/mol. The molecule has 0 aliphatic carbocycles. The van der Waals surface area contributed by atoms with E-state index < -0.39 is 0 Å². The second-order valence-corrected chi connectivity index (χ2v) is 8.60. The summed E-state index contributed by atoms with van der Waals surface area (Å²) in [7, 11) is 2.21. The van der Waals surface area contributed by atoms with Crippen molar-refractivity contribution in [1.29, 1.82) is 0 Å². The van der Waals surface area contributed by atoms with Crippen LogP contribution in [0.15, 0.2) is 67.0 Å². The molecule has 1 saturated heterocycles. The number of hydrogen-bond donors (Lipinski definition) is 2. The minimum atomic E-state index is 0.873. The van der Waals surface area contributed by atoms with E-state index in [0.29, 0.717) is 0 Å². The van der Waals surface area contributed by atoms with Crippen molar-refractivity contribution in [2.45, 2.75) is 12.8 Å². The Kier molecular flexibility index (Phi) is 6.14. The van der Waals surface area contributed by atoms with Gasteiger partial charge in [-0.1, -0.05) is 24.3 Å². The molecule has 5 rings (SSSR count). The van der Waals surface area contributed by atoms with E-state index in [4.69, 9.17) is 0 Å². The minimum Gasteiger partial charge on any atom is -0.340 e. The molecule has 0 unspecified atom stereocenters. The van der Waals surface area contributed by atoms with Crippen LogP contribution in [0.1, 0.15) is 12.0 Å². The highest BCUT2D eigenvalue weighted by molar-refractivity contribution is 5.85. The Hall–Kier alpha value is -3.22. The van der Waals surface area contributed by atoms with Crippen LogP contribution >= 0.6 is 0 Å². The zero-order chi connectivity index (χ0) is 21.8. The summed E-state index contributed by atoms with van der Waals surface area (Å²) in [5, 5.41) is 11.8. The van der Waals surface area contributed by atoms with Crippen molar-refractivity contribution >= 4 is 22.4 Å². The second kappa shape index (κ2) is 9.51. The number of anilines is 2. The average Bonchev–Trinajstić information content (AvgIpc) is 3.29. The summed E-state index contributed by atoms with van der Waals surface area (Å²) in [5.41, 5.74) is 5.77. The summed E-state index contributed by atoms with van der Waals surface area (Å²) >= 11 is 0. The lowest BCUT2D eigenvalue weighted by molar-refractivity contribution is 0.153. The molecule has 1 fully saturated rings. The van der Waals surface area contributed by atoms with Gasteiger partial charge in [-0.05, 0) is 67.9 Å². The van der Waals surface area contributed by atoms with Crippen LogP contribution in [0.25, 0.3) is 22.0 Å². The molecule has 4 aromatic rings. The maximum absolute atomic E-state index is 4.67. The van der Waals surface area contributed by atoms with Crippen LogP contribution in [0.5, 0.6) is 0 Å². The SMILES string of the molecule is CN1CCN(CCCc2ccccc2-c2cccnc2Nc2ccc3cn[nH]c3c2)CC1. The fraction of sp³-hybridized carbons (Fsp3) is 0.308. The maximum atomic E-state index is 4.67. The molecule has 0 amide bonds. The lowest BCUT2D eigenvalue weighted by atomic mass is 9.96. The van der Waals surface area contributed by atoms with E-state index in [9.17, 15) is 0 Å². The van der Waals surface area contributed by atoms with Gasteiger partial charge in [0.1, 0.15) is 5.82 Å². The molecule has 0 radical (unpaired) electrons. The lowest BCUT2D eigenvalue weighted by Crippen LogP contribution is -2.44. The van der Waals surface area contributed by atoms with Gasteiger partial charge in [0, 0.05) is 49.0 Å². The van der Waals surface area contributed by atoms with Crippen LogP contribution in [0.3, 0.4) is 0 Å². The third-order valence-corrected chi connectivity index (χ3v) is 6.34. The molecule has 32 heavy (non-hydrogen) atoms. The number of nitrogens with zero attached hydrogens (tertiary/aromatic N) is 4. The number of aromatic nitrogens is 3. The van der Waals surface area contributed by atoms with Gasteiger partial charge in [-0.3, -0.25) is 5.10 Å². The summed E-state index contributed by atoms with van der Waals surface area (Å²) in [5.74, 6) is 0.873. The first-order valence-electron chi connectivity index (χ1n) is 11.4. The first kappa shape index (κ1) is 20.7. The quantitative estimate of drug-likeness (QED) is 0.454. The first-order chi connectivity index (χ1) is 15.8. The molecule has 0 saturated carbocycles. The first-order valence-corrected chi connectivity index (χ1v) is 11.4. The predicted molar refractivity (Wildman–Crippen MR) is 131 cm³/mol. The van der Waals surface area contributed by atoms with Gasteiger partial charge in [0.25, 0.3) is 0 Å². The van der Waals surface area contributed by atoms with Crippen molar-refractivity contribution in [2.75, 3.05) is 45.1 Å². The molecule has 0 atom stereocenters. The van der Waals surface area contributed by atoms with Crippen LogP contribution < -0.4 is 5.32 Å². The zero-order valence-electron chi connectivity index (χ0n) is 18.6. The fourth-order valence-electron chi connectivity index (χ4n) is 4.44. The zero-order valence-corrected chi connectivity index (χ0v) is 18.6. The van der Waals surface area contributed by atoms with Crippen LogP contribution in [0, 0.1) is 0 Å². The highest BCUT2D eigenvalue weighted by Gasteiger charge is 2.14. The summed E-state index contributed by atoms with van der Waals surface area (Å²) in [6.45, 7) is 5.85. The number of pyridine rings is 1. The van der Waals surface area contributed by atoms with Crippen LogP contribution in [0.2, 0.25) is 0 Å². The highest BCUT2D eigenvalue weighted by atomic mass is 15.2. The molecular weight excluding hydrogens is 396 g/mol. The molecule has 0 spiro atoms. The summed E-state index contributed by atoms with van der Waals surface area (Å²) < 4.78 is 0. The highest BCUT2D eigenvalue weighted by Crippen LogP contribution is 2.32. The Labute approximate surface area is 189 Å². The number of aromatic amines is 1. The number of hydrogen-bond acceptors (Lipinski definition) is 5. The lowest BCUT2D eigenvalue weighted by Gasteiger charge is -2.32. The number of rotatable bonds is 7. The number of piperazine rings is 1. The largest absolute Gasteiger partial charge is 0.340 e. The van der Waals surface area contributed by atoms with Crippen LogP contribution in [-0.4, -0.2) is 64.8 Å². The van der Waals surface area contributed by atoms with Crippen LogP contribution in [-0.2, 0) is 6.42 Å². The Balaban J connectivity index is 1.33. The van der Waals surface area contributed by atoms with Gasteiger partial charge in [-0.25, -0.2) is 4.98 Å². The summed E-state index contributed by atoms with van der Waals surface area (Å²) in [4.78, 5) is 9.67. The Morgan fingerprint density at radius 2 is 1.81 bits per heavy atom. The summed E-state index contributed by atoms with van der Waals surface area (Å²) in [6, 6.07) is 19.1. The minimum absolute atomic E-state index is 0.873. The topological polar surface area (TPSA) is 60.1 Å². The number of fused-ring (bicyclic) bond motifs is 1. The van der Waals surface area contributed by atoms with Crippen LogP contribution in [0.4, 0.5) is 11.5 Å². The molecule has 2 N–H and O–H groups in total. The van der Waals surface area contributed by atoms with E-state index in [1.165, 1.54) is 43.7 Å². The normalized spacial score (nSPS) is 15.3. The van der Waals surface area contributed by atoms with Gasteiger partial charge < -0.3 is 15.1 Å². The molecular formula is C26H30N6. The number of benzene rings is 2. The third-order valence-electron chi connectivity index (χ3n) is 6.34. The molecule has 164 valence electrons. The van der Waals surface area contributed by atoms with Gasteiger partial charge in [-0.2, -0.15) is 5.10 Å². The average molecular weight is 427 g/mol. The van der Waals surface area contributed by atoms with Crippen molar-refractivity contribution in [3.05, 3.63) is 72.6 Å². The number of likely N-dealkylation sites (N-methyl/N-ethyl adjacent to an activating group) is 1. The summed E-state index contributed by atoms with van der Waals surface area (Å²) in [6.07, 6.45) is 5.91. The molecule has 0 bridgehead atoms. The van der Waals surface area contributed by atoms with Gasteiger partial charge in [0.05, 0.1) is 11.7 Å².